The van der Waals surface area contributed by atoms with E-state index in [0.29, 0.717) is 18.8 Å². The molecule has 0 nitrogen and oxygen atoms in total. The van der Waals surface area contributed by atoms with E-state index in [0.717, 1.165) is 24.7 Å². The standard InChI is InChI=1S/C21H31F3/c1-2-4-15-6-8-16(9-7-15)17-10-12-18(13-11-17)21(24)14-3-5-19(22)20(21)23/h3,14-18H,2,4-13H2,1H3. The zero-order chi connectivity index (χ0) is 17.2. The molecule has 0 radical (unpaired) electrons. The first-order valence-corrected chi connectivity index (χ1v) is 9.95. The third kappa shape index (κ3) is 3.60. The maximum Gasteiger partial charge on any atom is 0.185 e. The van der Waals surface area contributed by atoms with Crippen LogP contribution in [0.4, 0.5) is 13.2 Å². The fourth-order valence-corrected chi connectivity index (χ4v) is 5.39. The van der Waals surface area contributed by atoms with Gasteiger partial charge in [0.15, 0.2) is 11.5 Å². The van der Waals surface area contributed by atoms with Crippen LogP contribution in [0.25, 0.3) is 0 Å². The number of hydrogen-bond acceptors (Lipinski definition) is 0. The predicted octanol–water partition coefficient (Wildman–Crippen LogP) is 7.22. The fourth-order valence-electron chi connectivity index (χ4n) is 5.39. The van der Waals surface area contributed by atoms with Crippen LogP contribution in [-0.4, -0.2) is 5.67 Å². The predicted molar refractivity (Wildman–Crippen MR) is 92.6 cm³/mol. The number of alkyl halides is 1. The molecule has 0 aromatic rings. The zero-order valence-corrected chi connectivity index (χ0v) is 14.9. The van der Waals surface area contributed by atoms with Gasteiger partial charge in [0.05, 0.1) is 0 Å². The van der Waals surface area contributed by atoms with Gasteiger partial charge in [-0.05, 0) is 62.4 Å². The molecule has 0 aliphatic heterocycles. The Morgan fingerprint density at radius 3 is 2.12 bits per heavy atom. The van der Waals surface area contributed by atoms with E-state index in [9.17, 15) is 8.78 Å². The van der Waals surface area contributed by atoms with Crippen LogP contribution in [0.1, 0.15) is 77.6 Å². The molecule has 136 valence electrons. The van der Waals surface area contributed by atoms with Crippen LogP contribution in [0, 0.1) is 23.7 Å². The lowest BCUT2D eigenvalue weighted by Gasteiger charge is -2.41. The molecule has 3 heteroatoms. The molecule has 0 spiro atoms. The maximum atomic E-state index is 15.0. The second-order valence-electron chi connectivity index (χ2n) is 8.27. The molecule has 3 rings (SSSR count). The molecule has 2 saturated carbocycles. The van der Waals surface area contributed by atoms with E-state index in [1.54, 1.807) is 0 Å². The molecule has 0 bridgehead atoms. The number of hydrogen-bond donors (Lipinski definition) is 0. The second-order valence-corrected chi connectivity index (χ2v) is 8.27. The van der Waals surface area contributed by atoms with E-state index >= 15 is 4.39 Å². The molecule has 2 fully saturated rings. The molecule has 3 aliphatic carbocycles. The van der Waals surface area contributed by atoms with Crippen LogP contribution in [0.15, 0.2) is 23.8 Å². The van der Waals surface area contributed by atoms with Crippen molar-refractivity contribution in [3.63, 3.8) is 0 Å². The quantitative estimate of drug-likeness (QED) is 0.474. The van der Waals surface area contributed by atoms with Gasteiger partial charge in [0.1, 0.15) is 5.83 Å². The minimum atomic E-state index is -2.19. The lowest BCUT2D eigenvalue weighted by molar-refractivity contribution is 0.0699. The Balaban J connectivity index is 1.53. The molecule has 0 aromatic heterocycles. The molecule has 0 aromatic carbocycles. The highest BCUT2D eigenvalue weighted by Crippen LogP contribution is 2.49. The Kier molecular flexibility index (Phi) is 5.77. The summed E-state index contributed by atoms with van der Waals surface area (Å²) >= 11 is 0. The molecule has 1 atom stereocenters. The van der Waals surface area contributed by atoms with Gasteiger partial charge in [-0.3, -0.25) is 0 Å². The van der Waals surface area contributed by atoms with E-state index in [1.807, 2.05) is 0 Å². The monoisotopic (exact) mass is 340 g/mol. The van der Waals surface area contributed by atoms with Gasteiger partial charge in [0.25, 0.3) is 0 Å². The van der Waals surface area contributed by atoms with Crippen molar-refractivity contribution in [1.82, 2.24) is 0 Å². The van der Waals surface area contributed by atoms with Gasteiger partial charge in [-0.25, -0.2) is 13.2 Å². The second kappa shape index (κ2) is 7.66. The van der Waals surface area contributed by atoms with Gasteiger partial charge in [0, 0.05) is 12.3 Å². The SMILES string of the molecule is CCCC1CCC(C2CCC(C3(F)C=CCC(F)=C3F)CC2)CC1. The van der Waals surface area contributed by atoms with Crippen molar-refractivity contribution in [2.75, 3.05) is 0 Å². The van der Waals surface area contributed by atoms with Crippen molar-refractivity contribution < 1.29 is 13.2 Å². The summed E-state index contributed by atoms with van der Waals surface area (Å²) in [7, 11) is 0. The van der Waals surface area contributed by atoms with Crippen LogP contribution in [0.2, 0.25) is 0 Å². The van der Waals surface area contributed by atoms with Gasteiger partial charge in [-0.2, -0.15) is 0 Å². The molecule has 3 aliphatic rings. The summed E-state index contributed by atoms with van der Waals surface area (Å²) in [6.45, 7) is 2.26. The normalized spacial score (nSPS) is 40.8. The van der Waals surface area contributed by atoms with Gasteiger partial charge < -0.3 is 0 Å². The molecule has 1 unspecified atom stereocenters. The molecular formula is C21H31F3. The smallest absolute Gasteiger partial charge is 0.185 e. The van der Waals surface area contributed by atoms with Gasteiger partial charge in [0.2, 0.25) is 0 Å². The zero-order valence-electron chi connectivity index (χ0n) is 14.9. The summed E-state index contributed by atoms with van der Waals surface area (Å²) in [5, 5.41) is 0. The van der Waals surface area contributed by atoms with Crippen LogP contribution >= 0.6 is 0 Å². The Morgan fingerprint density at radius 2 is 1.54 bits per heavy atom. The third-order valence-electron chi connectivity index (χ3n) is 6.85. The van der Waals surface area contributed by atoms with Crippen molar-refractivity contribution in [1.29, 1.82) is 0 Å². The minimum absolute atomic E-state index is 0.103. The lowest BCUT2D eigenvalue weighted by atomic mass is 9.66. The average molecular weight is 340 g/mol. The van der Waals surface area contributed by atoms with E-state index in [2.05, 4.69) is 6.92 Å². The van der Waals surface area contributed by atoms with Crippen LogP contribution in [0.3, 0.4) is 0 Å². The molecule has 24 heavy (non-hydrogen) atoms. The van der Waals surface area contributed by atoms with E-state index in [1.165, 1.54) is 50.7 Å². The topological polar surface area (TPSA) is 0 Å². The molecule has 0 heterocycles. The van der Waals surface area contributed by atoms with Gasteiger partial charge in [-0.15, -0.1) is 0 Å². The van der Waals surface area contributed by atoms with E-state index in [-0.39, 0.29) is 6.42 Å². The largest absolute Gasteiger partial charge is 0.231 e. The average Bonchev–Trinajstić information content (AvgIpc) is 2.61. The summed E-state index contributed by atoms with van der Waals surface area (Å²) in [5.41, 5.74) is -2.19. The van der Waals surface area contributed by atoms with Crippen molar-refractivity contribution in [2.45, 2.75) is 83.2 Å². The lowest BCUT2D eigenvalue weighted by Crippen LogP contribution is -2.37. The Morgan fingerprint density at radius 1 is 0.958 bits per heavy atom. The van der Waals surface area contributed by atoms with Crippen molar-refractivity contribution in [3.05, 3.63) is 23.8 Å². The molecule has 0 N–H and O–H groups in total. The summed E-state index contributed by atoms with van der Waals surface area (Å²) in [6, 6.07) is 0. The summed E-state index contributed by atoms with van der Waals surface area (Å²) in [5.74, 6) is -0.130. The first-order chi connectivity index (χ1) is 11.5. The third-order valence-corrected chi connectivity index (χ3v) is 6.85. The van der Waals surface area contributed by atoms with E-state index in [4.69, 9.17) is 0 Å². The summed E-state index contributed by atoms with van der Waals surface area (Å²) < 4.78 is 42.6. The van der Waals surface area contributed by atoms with Crippen molar-refractivity contribution in [3.8, 4) is 0 Å². The fraction of sp³-hybridized carbons (Fsp3) is 0.810. The minimum Gasteiger partial charge on any atom is -0.231 e. The highest BCUT2D eigenvalue weighted by molar-refractivity contribution is 5.30. The van der Waals surface area contributed by atoms with Crippen LogP contribution in [0.5, 0.6) is 0 Å². The molecule has 0 saturated heterocycles. The maximum absolute atomic E-state index is 15.0. The Labute approximate surface area is 144 Å². The van der Waals surface area contributed by atoms with Crippen molar-refractivity contribution >= 4 is 0 Å². The van der Waals surface area contributed by atoms with Gasteiger partial charge >= 0.3 is 0 Å². The molecular weight excluding hydrogens is 309 g/mol. The highest BCUT2D eigenvalue weighted by Gasteiger charge is 2.46. The first kappa shape index (κ1) is 18.1. The summed E-state index contributed by atoms with van der Waals surface area (Å²) in [6.07, 6.45) is 13.9. The number of allylic oxidation sites excluding steroid dienone is 4. The van der Waals surface area contributed by atoms with Gasteiger partial charge in [-0.1, -0.05) is 38.7 Å². The molecule has 0 amide bonds. The summed E-state index contributed by atoms with van der Waals surface area (Å²) in [4.78, 5) is 0. The Hall–Kier alpha value is -0.730. The van der Waals surface area contributed by atoms with E-state index < -0.39 is 23.2 Å². The first-order valence-electron chi connectivity index (χ1n) is 9.95. The van der Waals surface area contributed by atoms with Crippen LogP contribution in [-0.2, 0) is 0 Å². The number of rotatable bonds is 4. The van der Waals surface area contributed by atoms with Crippen molar-refractivity contribution in [2.24, 2.45) is 23.7 Å². The highest BCUT2D eigenvalue weighted by atomic mass is 19.2. The Bertz CT molecular complexity index is 479. The number of halogens is 3. The van der Waals surface area contributed by atoms with Crippen LogP contribution < -0.4 is 0 Å².